The Morgan fingerprint density at radius 1 is 1.25 bits per heavy atom. The van der Waals surface area contributed by atoms with E-state index in [4.69, 9.17) is 21.3 Å². The first-order chi connectivity index (χ1) is 13.6. The van der Waals surface area contributed by atoms with Gasteiger partial charge in [0.05, 0.1) is 0 Å². The molecule has 1 atom stereocenters. The van der Waals surface area contributed by atoms with Crippen LogP contribution in [0.15, 0.2) is 30.5 Å². The molecule has 3 heterocycles. The fourth-order valence-corrected chi connectivity index (χ4v) is 3.97. The van der Waals surface area contributed by atoms with Gasteiger partial charge in [-0.25, -0.2) is 14.4 Å². The van der Waals surface area contributed by atoms with E-state index in [2.05, 4.69) is 15.2 Å². The summed E-state index contributed by atoms with van der Waals surface area (Å²) in [6.45, 7) is 2.91. The van der Waals surface area contributed by atoms with Crippen molar-refractivity contribution < 1.29 is 13.9 Å². The number of amides is 1. The van der Waals surface area contributed by atoms with Crippen molar-refractivity contribution in [3.63, 3.8) is 0 Å². The van der Waals surface area contributed by atoms with Gasteiger partial charge in [0, 0.05) is 60.7 Å². The van der Waals surface area contributed by atoms with Gasteiger partial charge in [0.25, 0.3) is 5.91 Å². The molecule has 0 spiro atoms. The number of halogens is 2. The van der Waals surface area contributed by atoms with Crippen molar-refractivity contribution in [2.24, 2.45) is 0 Å². The molecular formula is C20H22ClFN4O2. The number of carbonyl (C=O) groups excluding carboxylic acids is 1. The van der Waals surface area contributed by atoms with E-state index in [-0.39, 0.29) is 22.5 Å². The molecule has 8 heteroatoms. The third-order valence-electron chi connectivity index (χ3n) is 5.24. The number of benzene rings is 1. The van der Waals surface area contributed by atoms with Crippen molar-refractivity contribution in [1.29, 1.82) is 0 Å². The van der Waals surface area contributed by atoms with E-state index >= 15 is 0 Å². The van der Waals surface area contributed by atoms with E-state index in [0.29, 0.717) is 18.4 Å². The number of nitrogens with zero attached hydrogens (tertiary/aromatic N) is 3. The fourth-order valence-electron chi connectivity index (χ4n) is 3.75. The Labute approximate surface area is 168 Å². The molecule has 2 aliphatic rings. The van der Waals surface area contributed by atoms with Crippen LogP contribution in [-0.4, -0.2) is 48.2 Å². The Hall–Kier alpha value is -2.25. The van der Waals surface area contributed by atoms with Crippen LogP contribution in [0.4, 0.5) is 10.3 Å². The smallest absolute Gasteiger partial charge is 0.251 e. The molecule has 1 N–H and O–H groups in total. The number of rotatable bonds is 4. The van der Waals surface area contributed by atoms with Crippen LogP contribution in [0, 0.1) is 5.82 Å². The number of nitrogens with one attached hydrogen (secondary N) is 1. The second-order valence-corrected chi connectivity index (χ2v) is 7.67. The zero-order chi connectivity index (χ0) is 19.5. The summed E-state index contributed by atoms with van der Waals surface area (Å²) in [5, 5.41) is 3.15. The summed E-state index contributed by atoms with van der Waals surface area (Å²) in [5.41, 5.74) is 1.27. The molecule has 0 saturated carbocycles. The van der Waals surface area contributed by atoms with Gasteiger partial charge in [-0.05, 0) is 43.5 Å². The average molecular weight is 405 g/mol. The van der Waals surface area contributed by atoms with Gasteiger partial charge in [0.15, 0.2) is 0 Å². The first-order valence-electron chi connectivity index (χ1n) is 9.51. The molecular weight excluding hydrogens is 383 g/mol. The summed E-state index contributed by atoms with van der Waals surface area (Å²) in [6, 6.07) is 5.76. The largest absolute Gasteiger partial charge is 0.381 e. The topological polar surface area (TPSA) is 67.4 Å². The maximum Gasteiger partial charge on any atom is 0.251 e. The van der Waals surface area contributed by atoms with Gasteiger partial charge in [-0.1, -0.05) is 11.6 Å². The highest BCUT2D eigenvalue weighted by Crippen LogP contribution is 2.27. The third kappa shape index (κ3) is 4.42. The summed E-state index contributed by atoms with van der Waals surface area (Å²) in [6.07, 6.45) is 4.53. The Balaban J connectivity index is 1.39. The van der Waals surface area contributed by atoms with Gasteiger partial charge in [-0.15, -0.1) is 0 Å². The number of anilines is 1. The maximum atomic E-state index is 13.5. The van der Waals surface area contributed by atoms with Crippen LogP contribution in [0.5, 0.6) is 0 Å². The summed E-state index contributed by atoms with van der Waals surface area (Å²) in [5.74, 6) is 0.245. The summed E-state index contributed by atoms with van der Waals surface area (Å²) in [7, 11) is 0. The Kier molecular flexibility index (Phi) is 5.73. The lowest BCUT2D eigenvalue weighted by Crippen LogP contribution is -2.37. The van der Waals surface area contributed by atoms with Crippen molar-refractivity contribution in [3.05, 3.63) is 52.6 Å². The zero-order valence-corrected chi connectivity index (χ0v) is 16.2. The van der Waals surface area contributed by atoms with Crippen LogP contribution in [0.2, 0.25) is 5.02 Å². The standard InChI is InChI=1S/C20H22ClFN4O2/c21-15-9-14(10-16(22)11-15)19(27)24-17-2-6-26(12-17)20-23-5-1-18(25-20)13-3-7-28-8-4-13/h1,5,9-11,13,17H,2-4,6-8,12H2,(H,24,27). The van der Waals surface area contributed by atoms with Gasteiger partial charge in [-0.2, -0.15) is 0 Å². The molecule has 2 aromatic rings. The quantitative estimate of drug-likeness (QED) is 0.847. The normalized spacial score (nSPS) is 20.4. The highest BCUT2D eigenvalue weighted by molar-refractivity contribution is 6.31. The SMILES string of the molecule is O=C(NC1CCN(c2nccc(C3CCOCC3)n2)C1)c1cc(F)cc(Cl)c1. The minimum absolute atomic E-state index is 0.0510. The van der Waals surface area contributed by atoms with Crippen molar-refractivity contribution >= 4 is 23.5 Å². The fraction of sp³-hybridized carbons (Fsp3) is 0.450. The average Bonchev–Trinajstić information content (AvgIpc) is 3.16. The van der Waals surface area contributed by atoms with Crippen LogP contribution in [0.3, 0.4) is 0 Å². The summed E-state index contributed by atoms with van der Waals surface area (Å²) < 4.78 is 18.9. The van der Waals surface area contributed by atoms with Crippen molar-refractivity contribution in [2.45, 2.75) is 31.2 Å². The number of carbonyl (C=O) groups is 1. The number of hydrogen-bond donors (Lipinski definition) is 1. The van der Waals surface area contributed by atoms with Crippen LogP contribution >= 0.6 is 11.6 Å². The molecule has 2 aliphatic heterocycles. The predicted molar refractivity (Wildman–Crippen MR) is 104 cm³/mol. The molecule has 1 amide bonds. The molecule has 148 valence electrons. The lowest BCUT2D eigenvalue weighted by molar-refractivity contribution is 0.0845. The molecule has 1 aromatic heterocycles. The second kappa shape index (κ2) is 8.41. The van der Waals surface area contributed by atoms with E-state index in [9.17, 15) is 9.18 Å². The van der Waals surface area contributed by atoms with Gasteiger partial charge >= 0.3 is 0 Å². The highest BCUT2D eigenvalue weighted by atomic mass is 35.5. The van der Waals surface area contributed by atoms with E-state index in [1.807, 2.05) is 6.07 Å². The van der Waals surface area contributed by atoms with E-state index in [0.717, 1.165) is 44.7 Å². The first-order valence-corrected chi connectivity index (χ1v) is 9.89. The molecule has 0 aliphatic carbocycles. The molecule has 2 saturated heterocycles. The number of aromatic nitrogens is 2. The Morgan fingerprint density at radius 2 is 2.07 bits per heavy atom. The molecule has 0 radical (unpaired) electrons. The van der Waals surface area contributed by atoms with Crippen LogP contribution in [-0.2, 0) is 4.74 Å². The van der Waals surface area contributed by atoms with Gasteiger partial charge in [-0.3, -0.25) is 4.79 Å². The van der Waals surface area contributed by atoms with Gasteiger partial charge in [0.2, 0.25) is 5.95 Å². The minimum atomic E-state index is -0.524. The second-order valence-electron chi connectivity index (χ2n) is 7.23. The van der Waals surface area contributed by atoms with Crippen LogP contribution in [0.1, 0.15) is 41.2 Å². The van der Waals surface area contributed by atoms with Gasteiger partial charge in [0.1, 0.15) is 5.82 Å². The summed E-state index contributed by atoms with van der Waals surface area (Å²) in [4.78, 5) is 23.7. The Bertz CT molecular complexity index is 840. The third-order valence-corrected chi connectivity index (χ3v) is 5.45. The maximum absolute atomic E-state index is 13.5. The highest BCUT2D eigenvalue weighted by Gasteiger charge is 2.27. The molecule has 4 rings (SSSR count). The van der Waals surface area contributed by atoms with Crippen molar-refractivity contribution in [2.75, 3.05) is 31.2 Å². The molecule has 2 fully saturated rings. The minimum Gasteiger partial charge on any atom is -0.381 e. The first kappa shape index (κ1) is 19.1. The number of hydrogen-bond acceptors (Lipinski definition) is 5. The van der Waals surface area contributed by atoms with Crippen LogP contribution < -0.4 is 10.2 Å². The summed E-state index contributed by atoms with van der Waals surface area (Å²) >= 11 is 5.84. The lowest BCUT2D eigenvalue weighted by atomic mass is 9.96. The predicted octanol–water partition coefficient (Wildman–Crippen LogP) is 3.17. The van der Waals surface area contributed by atoms with E-state index in [1.54, 1.807) is 6.20 Å². The molecule has 1 unspecified atom stereocenters. The lowest BCUT2D eigenvalue weighted by Gasteiger charge is -2.23. The molecule has 6 nitrogen and oxygen atoms in total. The monoisotopic (exact) mass is 404 g/mol. The van der Waals surface area contributed by atoms with E-state index in [1.165, 1.54) is 18.2 Å². The molecule has 1 aromatic carbocycles. The van der Waals surface area contributed by atoms with Crippen molar-refractivity contribution in [3.8, 4) is 0 Å². The zero-order valence-electron chi connectivity index (χ0n) is 15.4. The van der Waals surface area contributed by atoms with Crippen LogP contribution in [0.25, 0.3) is 0 Å². The number of ether oxygens (including phenoxy) is 1. The molecule has 28 heavy (non-hydrogen) atoms. The van der Waals surface area contributed by atoms with Gasteiger partial charge < -0.3 is 15.0 Å². The van der Waals surface area contributed by atoms with E-state index < -0.39 is 5.82 Å². The molecule has 0 bridgehead atoms. The van der Waals surface area contributed by atoms with Crippen molar-refractivity contribution in [1.82, 2.24) is 15.3 Å². The Morgan fingerprint density at radius 3 is 2.86 bits per heavy atom.